The molecule has 1 aliphatic rings. The molecule has 0 aromatic rings. The molecule has 1 aliphatic carbocycles. The SMILES string of the molecule is FC(F)(F)C1CC(F)(F)C1(F)F. The molecule has 0 N–H and O–H groups in total. The first kappa shape index (κ1) is 9.60. The molecule has 0 spiro atoms. The summed E-state index contributed by atoms with van der Waals surface area (Å²) in [5, 5.41) is 0. The van der Waals surface area contributed by atoms with E-state index in [0.717, 1.165) is 0 Å². The molecule has 7 heteroatoms. The molecule has 1 rings (SSSR count). The summed E-state index contributed by atoms with van der Waals surface area (Å²) < 4.78 is 82.3. The average molecular weight is 196 g/mol. The van der Waals surface area contributed by atoms with Gasteiger partial charge in [0.1, 0.15) is 5.92 Å². The van der Waals surface area contributed by atoms with Crippen molar-refractivity contribution in [3.63, 3.8) is 0 Å². The van der Waals surface area contributed by atoms with Crippen molar-refractivity contribution in [2.75, 3.05) is 0 Å². The molecular weight excluding hydrogens is 193 g/mol. The Morgan fingerprint density at radius 3 is 1.50 bits per heavy atom. The van der Waals surface area contributed by atoms with Gasteiger partial charge in [0.05, 0.1) is 0 Å². The lowest BCUT2D eigenvalue weighted by Gasteiger charge is -2.44. The Morgan fingerprint density at radius 2 is 1.42 bits per heavy atom. The Morgan fingerprint density at radius 1 is 1.00 bits per heavy atom. The molecule has 0 radical (unpaired) electrons. The fourth-order valence-electron chi connectivity index (χ4n) is 0.966. The molecule has 0 aromatic heterocycles. The predicted octanol–water partition coefficient (Wildman–Crippen LogP) is 2.84. The van der Waals surface area contributed by atoms with E-state index < -0.39 is 30.4 Å². The van der Waals surface area contributed by atoms with E-state index >= 15 is 0 Å². The first-order chi connectivity index (χ1) is 5.09. The highest BCUT2D eigenvalue weighted by Gasteiger charge is 2.78. The van der Waals surface area contributed by atoms with Crippen molar-refractivity contribution in [3.05, 3.63) is 0 Å². The van der Waals surface area contributed by atoms with Crippen molar-refractivity contribution in [2.24, 2.45) is 5.92 Å². The van der Waals surface area contributed by atoms with Gasteiger partial charge in [-0.15, -0.1) is 0 Å². The maximum atomic E-state index is 12.0. The molecule has 1 atom stereocenters. The van der Waals surface area contributed by atoms with Gasteiger partial charge < -0.3 is 0 Å². The quantitative estimate of drug-likeness (QED) is 0.522. The summed E-state index contributed by atoms with van der Waals surface area (Å²) in [6.07, 6.45) is -7.06. The van der Waals surface area contributed by atoms with Crippen molar-refractivity contribution in [1.82, 2.24) is 0 Å². The molecule has 0 heterocycles. The van der Waals surface area contributed by atoms with Crippen LogP contribution in [0.15, 0.2) is 0 Å². The standard InChI is InChI=1S/C5H3F7/c6-3(7)1-2(4(3,8)9)5(10,11)12/h2H,1H2. The highest BCUT2D eigenvalue weighted by molar-refractivity contribution is 5.05. The first-order valence-corrected chi connectivity index (χ1v) is 2.91. The number of hydrogen-bond donors (Lipinski definition) is 0. The van der Waals surface area contributed by atoms with Crippen LogP contribution < -0.4 is 0 Å². The first-order valence-electron chi connectivity index (χ1n) is 2.91. The minimum atomic E-state index is -5.24. The Kier molecular flexibility index (Phi) is 1.64. The molecular formula is C5H3F7. The van der Waals surface area contributed by atoms with Crippen molar-refractivity contribution < 1.29 is 30.7 Å². The lowest BCUT2D eigenvalue weighted by atomic mass is 9.76. The Hall–Kier alpha value is -0.490. The van der Waals surface area contributed by atoms with Gasteiger partial charge in [0.2, 0.25) is 0 Å². The second kappa shape index (κ2) is 2.05. The summed E-state index contributed by atoms with van der Waals surface area (Å²) in [6, 6.07) is 0. The maximum absolute atomic E-state index is 12.0. The second-order valence-electron chi connectivity index (χ2n) is 2.63. The van der Waals surface area contributed by atoms with E-state index in [1.54, 1.807) is 0 Å². The number of rotatable bonds is 0. The van der Waals surface area contributed by atoms with Crippen LogP contribution in [-0.2, 0) is 0 Å². The fraction of sp³-hybridized carbons (Fsp3) is 1.00. The van der Waals surface area contributed by atoms with E-state index in [4.69, 9.17) is 0 Å². The van der Waals surface area contributed by atoms with Crippen LogP contribution in [0.25, 0.3) is 0 Å². The van der Waals surface area contributed by atoms with Crippen molar-refractivity contribution in [3.8, 4) is 0 Å². The van der Waals surface area contributed by atoms with Crippen LogP contribution in [0.1, 0.15) is 6.42 Å². The van der Waals surface area contributed by atoms with E-state index in [0.29, 0.717) is 0 Å². The van der Waals surface area contributed by atoms with E-state index in [-0.39, 0.29) is 0 Å². The van der Waals surface area contributed by atoms with Crippen molar-refractivity contribution >= 4 is 0 Å². The Labute approximate surface area is 62.4 Å². The fourth-order valence-corrected chi connectivity index (χ4v) is 0.966. The van der Waals surface area contributed by atoms with Crippen molar-refractivity contribution in [1.29, 1.82) is 0 Å². The molecule has 0 aromatic carbocycles. The topological polar surface area (TPSA) is 0 Å². The molecule has 0 aliphatic heterocycles. The van der Waals surface area contributed by atoms with Gasteiger partial charge >= 0.3 is 18.0 Å². The zero-order valence-electron chi connectivity index (χ0n) is 5.43. The number of alkyl halides is 7. The minimum absolute atomic E-state index is 1.82. The van der Waals surface area contributed by atoms with Gasteiger partial charge in [-0.3, -0.25) is 0 Å². The molecule has 1 unspecified atom stereocenters. The summed E-state index contributed by atoms with van der Waals surface area (Å²) in [4.78, 5) is 0. The van der Waals surface area contributed by atoms with E-state index in [1.165, 1.54) is 0 Å². The lowest BCUT2D eigenvalue weighted by molar-refractivity contribution is -0.377. The Bertz CT molecular complexity index is 190. The van der Waals surface area contributed by atoms with Crippen LogP contribution in [0.3, 0.4) is 0 Å². The summed E-state index contributed by atoms with van der Waals surface area (Å²) in [7, 11) is 0. The Balaban J connectivity index is 2.80. The zero-order valence-corrected chi connectivity index (χ0v) is 5.43. The molecule has 0 amide bonds. The highest BCUT2D eigenvalue weighted by Crippen LogP contribution is 2.60. The zero-order chi connectivity index (χ0) is 9.78. The number of hydrogen-bond acceptors (Lipinski definition) is 0. The third-order valence-electron chi connectivity index (χ3n) is 1.78. The van der Waals surface area contributed by atoms with Crippen molar-refractivity contribution in [2.45, 2.75) is 24.4 Å². The largest absolute Gasteiger partial charge is 0.398 e. The molecule has 0 saturated heterocycles. The van der Waals surface area contributed by atoms with Gasteiger partial charge in [-0.2, -0.15) is 30.7 Å². The van der Waals surface area contributed by atoms with Gasteiger partial charge in [-0.1, -0.05) is 0 Å². The molecule has 0 nitrogen and oxygen atoms in total. The number of halogens is 7. The molecule has 72 valence electrons. The predicted molar refractivity (Wildman–Crippen MR) is 24.1 cm³/mol. The highest BCUT2D eigenvalue weighted by atomic mass is 19.4. The monoisotopic (exact) mass is 196 g/mol. The smallest absolute Gasteiger partial charge is 0.200 e. The second-order valence-corrected chi connectivity index (χ2v) is 2.63. The molecule has 1 saturated carbocycles. The minimum Gasteiger partial charge on any atom is -0.200 e. The van der Waals surface area contributed by atoms with Gasteiger partial charge in [0, 0.05) is 6.42 Å². The van der Waals surface area contributed by atoms with Gasteiger partial charge in [0.25, 0.3) is 0 Å². The third kappa shape index (κ3) is 1.06. The van der Waals surface area contributed by atoms with Crippen LogP contribution in [0.2, 0.25) is 0 Å². The maximum Gasteiger partial charge on any atom is 0.398 e. The summed E-state index contributed by atoms with van der Waals surface area (Å²) in [6.45, 7) is 0. The summed E-state index contributed by atoms with van der Waals surface area (Å²) in [5.41, 5.74) is 0. The lowest BCUT2D eigenvalue weighted by Crippen LogP contribution is -2.63. The molecule has 1 fully saturated rings. The van der Waals surface area contributed by atoms with Crippen LogP contribution in [-0.4, -0.2) is 18.0 Å². The third-order valence-corrected chi connectivity index (χ3v) is 1.78. The van der Waals surface area contributed by atoms with Crippen LogP contribution >= 0.6 is 0 Å². The van der Waals surface area contributed by atoms with Gasteiger partial charge in [-0.05, 0) is 0 Å². The molecule has 12 heavy (non-hydrogen) atoms. The molecule has 0 bridgehead atoms. The van der Waals surface area contributed by atoms with E-state index in [9.17, 15) is 30.7 Å². The van der Waals surface area contributed by atoms with Crippen LogP contribution in [0.4, 0.5) is 30.7 Å². The van der Waals surface area contributed by atoms with Crippen LogP contribution in [0, 0.1) is 5.92 Å². The average Bonchev–Trinajstić information content (AvgIpc) is 1.81. The summed E-state index contributed by atoms with van der Waals surface area (Å²) in [5.74, 6) is -12.6. The summed E-state index contributed by atoms with van der Waals surface area (Å²) >= 11 is 0. The normalized spacial score (nSPS) is 32.8. The van der Waals surface area contributed by atoms with E-state index in [1.807, 2.05) is 0 Å². The van der Waals surface area contributed by atoms with Gasteiger partial charge in [-0.25, -0.2) is 0 Å². The van der Waals surface area contributed by atoms with E-state index in [2.05, 4.69) is 0 Å². The van der Waals surface area contributed by atoms with Crippen LogP contribution in [0.5, 0.6) is 0 Å². The van der Waals surface area contributed by atoms with Gasteiger partial charge in [0.15, 0.2) is 0 Å².